The van der Waals surface area contributed by atoms with Crippen LogP contribution in [0.5, 0.6) is 0 Å². The lowest BCUT2D eigenvalue weighted by Gasteiger charge is -2.29. The molecule has 0 bridgehead atoms. The Morgan fingerprint density at radius 2 is 1.77 bits per heavy atom. The molecule has 136 valence electrons. The topological polar surface area (TPSA) is 97.1 Å². The number of pyridine rings is 1. The van der Waals surface area contributed by atoms with Crippen molar-refractivity contribution in [1.82, 2.24) is 15.6 Å². The molecule has 1 aliphatic rings. The standard InChI is InChI=1S/C20H24N4O2/c1-14-6-2-3-7-16(14)17(15-8-12-22-13-9-15)23-19(26)24-20(18(21)25)10-4-5-11-20/h2-3,6-9,12-13,17H,4-5,10-11H2,1H3,(H2,21,25)(H2,23,24,26)/t17-/m1/s1. The van der Waals surface area contributed by atoms with Gasteiger partial charge in [0.25, 0.3) is 0 Å². The van der Waals surface area contributed by atoms with Crippen molar-refractivity contribution in [3.63, 3.8) is 0 Å². The molecule has 1 fully saturated rings. The lowest BCUT2D eigenvalue weighted by atomic mass is 9.95. The van der Waals surface area contributed by atoms with Gasteiger partial charge in [0.1, 0.15) is 5.54 Å². The molecule has 0 saturated heterocycles. The number of nitrogens with zero attached hydrogens (tertiary/aromatic N) is 1. The number of hydrogen-bond donors (Lipinski definition) is 3. The molecule has 0 spiro atoms. The normalized spacial score (nSPS) is 16.7. The minimum Gasteiger partial charge on any atom is -0.368 e. The number of rotatable bonds is 5. The van der Waals surface area contributed by atoms with Crippen LogP contribution in [0.3, 0.4) is 0 Å². The third-order valence-electron chi connectivity index (χ3n) is 5.10. The van der Waals surface area contributed by atoms with Crippen LogP contribution in [0.25, 0.3) is 0 Å². The summed E-state index contributed by atoms with van der Waals surface area (Å²) in [6.45, 7) is 2.00. The molecular formula is C20H24N4O2. The van der Waals surface area contributed by atoms with Gasteiger partial charge in [-0.3, -0.25) is 9.78 Å². The zero-order chi connectivity index (χ0) is 18.6. The highest BCUT2D eigenvalue weighted by atomic mass is 16.2. The molecule has 6 heteroatoms. The first-order valence-electron chi connectivity index (χ1n) is 8.86. The van der Waals surface area contributed by atoms with E-state index in [0.717, 1.165) is 29.5 Å². The predicted molar refractivity (Wildman–Crippen MR) is 99.3 cm³/mol. The van der Waals surface area contributed by atoms with Crippen LogP contribution >= 0.6 is 0 Å². The second-order valence-corrected chi connectivity index (χ2v) is 6.82. The molecular weight excluding hydrogens is 328 g/mol. The van der Waals surface area contributed by atoms with Crippen molar-refractivity contribution in [2.45, 2.75) is 44.2 Å². The Hall–Kier alpha value is -2.89. The summed E-state index contributed by atoms with van der Waals surface area (Å²) in [5.74, 6) is -0.471. The molecule has 0 aliphatic heterocycles. The number of primary amides is 1. The fourth-order valence-electron chi connectivity index (χ4n) is 3.60. The van der Waals surface area contributed by atoms with Gasteiger partial charge in [-0.1, -0.05) is 37.1 Å². The van der Waals surface area contributed by atoms with Gasteiger partial charge >= 0.3 is 6.03 Å². The molecule has 1 heterocycles. The van der Waals surface area contributed by atoms with E-state index in [9.17, 15) is 9.59 Å². The van der Waals surface area contributed by atoms with Crippen LogP contribution in [0.2, 0.25) is 0 Å². The Balaban J connectivity index is 1.85. The number of aryl methyl sites for hydroxylation is 1. The van der Waals surface area contributed by atoms with Gasteiger partial charge in [-0.2, -0.15) is 0 Å². The van der Waals surface area contributed by atoms with Crippen LogP contribution in [-0.4, -0.2) is 22.5 Å². The third kappa shape index (κ3) is 3.69. The van der Waals surface area contributed by atoms with Crippen molar-refractivity contribution >= 4 is 11.9 Å². The van der Waals surface area contributed by atoms with E-state index in [4.69, 9.17) is 5.73 Å². The summed E-state index contributed by atoms with van der Waals surface area (Å²) >= 11 is 0. The van der Waals surface area contributed by atoms with Crippen LogP contribution < -0.4 is 16.4 Å². The number of benzene rings is 1. The number of carbonyl (C=O) groups is 2. The van der Waals surface area contributed by atoms with Crippen LogP contribution in [0.1, 0.15) is 48.4 Å². The summed E-state index contributed by atoms with van der Waals surface area (Å²) in [6.07, 6.45) is 6.33. The maximum atomic E-state index is 12.7. The van der Waals surface area contributed by atoms with Gasteiger partial charge < -0.3 is 16.4 Å². The van der Waals surface area contributed by atoms with Crippen LogP contribution in [0.4, 0.5) is 4.79 Å². The van der Waals surface area contributed by atoms with E-state index in [1.165, 1.54) is 0 Å². The van der Waals surface area contributed by atoms with Crippen LogP contribution in [0, 0.1) is 6.92 Å². The van der Waals surface area contributed by atoms with Gasteiger partial charge in [-0.15, -0.1) is 0 Å². The number of hydrogen-bond acceptors (Lipinski definition) is 3. The number of nitrogens with two attached hydrogens (primary N) is 1. The first-order valence-corrected chi connectivity index (χ1v) is 8.86. The van der Waals surface area contributed by atoms with E-state index in [-0.39, 0.29) is 6.04 Å². The smallest absolute Gasteiger partial charge is 0.316 e. The lowest BCUT2D eigenvalue weighted by molar-refractivity contribution is -0.123. The first kappa shape index (κ1) is 17.9. The van der Waals surface area contributed by atoms with E-state index >= 15 is 0 Å². The Morgan fingerprint density at radius 3 is 2.38 bits per heavy atom. The van der Waals surface area contributed by atoms with Crippen molar-refractivity contribution in [3.8, 4) is 0 Å². The third-order valence-corrected chi connectivity index (χ3v) is 5.10. The lowest BCUT2D eigenvalue weighted by Crippen LogP contribution is -2.58. The van der Waals surface area contributed by atoms with Gasteiger partial charge in [0.05, 0.1) is 6.04 Å². The number of carbonyl (C=O) groups excluding carboxylic acids is 2. The summed E-state index contributed by atoms with van der Waals surface area (Å²) in [4.78, 5) is 28.7. The summed E-state index contributed by atoms with van der Waals surface area (Å²) in [7, 11) is 0. The molecule has 3 rings (SSSR count). The summed E-state index contributed by atoms with van der Waals surface area (Å²) in [5, 5.41) is 5.85. The second-order valence-electron chi connectivity index (χ2n) is 6.82. The highest BCUT2D eigenvalue weighted by molar-refractivity contribution is 5.90. The monoisotopic (exact) mass is 352 g/mol. The van der Waals surface area contributed by atoms with Crippen molar-refractivity contribution in [2.24, 2.45) is 5.73 Å². The molecule has 6 nitrogen and oxygen atoms in total. The van der Waals surface area contributed by atoms with Crippen molar-refractivity contribution in [1.29, 1.82) is 0 Å². The quantitative estimate of drug-likeness (QED) is 0.771. The molecule has 0 radical (unpaired) electrons. The van der Waals surface area contributed by atoms with Crippen LogP contribution in [-0.2, 0) is 4.79 Å². The van der Waals surface area contributed by atoms with Crippen molar-refractivity contribution in [3.05, 3.63) is 65.5 Å². The highest BCUT2D eigenvalue weighted by Crippen LogP contribution is 2.30. The summed E-state index contributed by atoms with van der Waals surface area (Å²) in [6, 6.07) is 10.9. The fourth-order valence-corrected chi connectivity index (χ4v) is 3.60. The largest absolute Gasteiger partial charge is 0.368 e. The molecule has 1 saturated carbocycles. The second kappa shape index (κ2) is 7.56. The molecule has 1 atom stereocenters. The van der Waals surface area contributed by atoms with Gasteiger partial charge in [0.2, 0.25) is 5.91 Å². The van der Waals surface area contributed by atoms with Crippen molar-refractivity contribution < 1.29 is 9.59 Å². The van der Waals surface area contributed by atoms with E-state index in [1.807, 2.05) is 43.3 Å². The van der Waals surface area contributed by atoms with Crippen molar-refractivity contribution in [2.75, 3.05) is 0 Å². The fraction of sp³-hybridized carbons (Fsp3) is 0.350. The average Bonchev–Trinajstić information content (AvgIpc) is 3.11. The van der Waals surface area contributed by atoms with Crippen LogP contribution in [0.15, 0.2) is 48.8 Å². The van der Waals surface area contributed by atoms with Gasteiger partial charge in [0.15, 0.2) is 0 Å². The number of nitrogens with one attached hydrogen (secondary N) is 2. The molecule has 1 aliphatic carbocycles. The maximum Gasteiger partial charge on any atom is 0.316 e. The van der Waals surface area contributed by atoms with E-state index in [1.54, 1.807) is 12.4 Å². The summed E-state index contributed by atoms with van der Waals surface area (Å²) < 4.78 is 0. The average molecular weight is 352 g/mol. The maximum absolute atomic E-state index is 12.7. The zero-order valence-electron chi connectivity index (χ0n) is 14.9. The number of urea groups is 1. The molecule has 1 aromatic carbocycles. The summed E-state index contributed by atoms with van der Waals surface area (Å²) in [5.41, 5.74) is 7.61. The van der Waals surface area contributed by atoms with Gasteiger partial charge in [-0.25, -0.2) is 4.79 Å². The Kier molecular flexibility index (Phi) is 5.21. The van der Waals surface area contributed by atoms with E-state index in [2.05, 4.69) is 15.6 Å². The molecule has 3 amide bonds. The van der Waals surface area contributed by atoms with E-state index < -0.39 is 17.5 Å². The molecule has 26 heavy (non-hydrogen) atoms. The Morgan fingerprint density at radius 1 is 1.12 bits per heavy atom. The van der Waals surface area contributed by atoms with Gasteiger partial charge in [0, 0.05) is 12.4 Å². The number of amides is 3. The highest BCUT2D eigenvalue weighted by Gasteiger charge is 2.41. The molecule has 4 N–H and O–H groups in total. The predicted octanol–water partition coefficient (Wildman–Crippen LogP) is 2.58. The van der Waals surface area contributed by atoms with E-state index in [0.29, 0.717) is 12.8 Å². The minimum atomic E-state index is -0.946. The molecule has 1 aromatic heterocycles. The Labute approximate surface area is 153 Å². The number of aromatic nitrogens is 1. The SMILES string of the molecule is Cc1ccccc1[C@H](NC(=O)NC1(C(N)=O)CCCC1)c1ccncc1. The zero-order valence-corrected chi connectivity index (χ0v) is 14.9. The first-order chi connectivity index (χ1) is 12.5. The Bertz CT molecular complexity index is 785. The molecule has 2 aromatic rings. The molecule has 0 unspecified atom stereocenters. The van der Waals surface area contributed by atoms with Gasteiger partial charge in [-0.05, 0) is 48.6 Å². The minimum absolute atomic E-state index is 0.342.